The molecule has 0 unspecified atom stereocenters. The van der Waals surface area contributed by atoms with Crippen molar-refractivity contribution in [1.29, 1.82) is 0 Å². The lowest BCUT2D eigenvalue weighted by Crippen LogP contribution is -2.33. The topological polar surface area (TPSA) is 229 Å². The van der Waals surface area contributed by atoms with Crippen molar-refractivity contribution >= 4 is 53.1 Å². The molecule has 342 valence electrons. The van der Waals surface area contributed by atoms with E-state index in [9.17, 15) is 49.2 Å². The molecule has 62 heavy (non-hydrogen) atoms. The highest BCUT2D eigenvalue weighted by Crippen LogP contribution is 2.25. The third-order valence-corrected chi connectivity index (χ3v) is 10.1. The van der Waals surface area contributed by atoms with Crippen LogP contribution >= 0.6 is 0 Å². The van der Waals surface area contributed by atoms with Crippen molar-refractivity contribution in [2.75, 3.05) is 44.2 Å². The molecule has 6 N–H and O–H groups in total. The number of benzene rings is 2. The predicted molar refractivity (Wildman–Crippen MR) is 233 cm³/mol. The van der Waals surface area contributed by atoms with Gasteiger partial charge in [0.25, 0.3) is 0 Å². The average molecular weight is 866 g/mol. The molecule has 0 atom stereocenters. The maximum absolute atomic E-state index is 13.4. The minimum Gasteiger partial charge on any atom is -0.356 e. The summed E-state index contributed by atoms with van der Waals surface area (Å²) in [5.74, 6) is -2.65. The molecule has 7 amide bonds. The van der Waals surface area contributed by atoms with Crippen molar-refractivity contribution in [2.45, 2.75) is 117 Å². The third kappa shape index (κ3) is 21.7. The SMILES string of the molecule is C=Cc1ccccc1N(Cc1ccccc1C)C(=O)CCC(=O)NCCCCCN(O)C(=O)CCC(=O)NCCCCCN(O)C(=O)CCC(=O)NCCCCCN(O)C(C)=O. The molecular weight excluding hydrogens is 799 g/mol. The van der Waals surface area contributed by atoms with Crippen molar-refractivity contribution in [3.8, 4) is 0 Å². The zero-order chi connectivity index (χ0) is 45.7. The molecule has 17 heteroatoms. The fourth-order valence-electron chi connectivity index (χ4n) is 6.27. The summed E-state index contributed by atoms with van der Waals surface area (Å²) in [6.45, 7) is 9.02. The quantitative estimate of drug-likeness (QED) is 0.0336. The van der Waals surface area contributed by atoms with Crippen LogP contribution in [0.15, 0.2) is 55.1 Å². The standard InChI is InChI=1S/C45H67N7O10/c1-4-37-19-10-11-21-39(37)49(34-38-20-9-8-18-35(38)2)43(57)25-22-40(54)46-29-13-6-16-32-51(61)45(59)27-24-42(56)48-30-14-7-17-33-52(62)44(58)26-23-41(55)47-28-12-5-15-31-50(60)36(3)53/h4,8-11,18-21,60-62H,1,5-7,12-17,22-34H2,2-3H3,(H,46,54)(H,47,55)(H,48,56). The van der Waals surface area contributed by atoms with Crippen molar-refractivity contribution in [3.05, 3.63) is 71.8 Å². The first-order valence-electron chi connectivity index (χ1n) is 21.5. The first kappa shape index (κ1) is 52.5. The zero-order valence-corrected chi connectivity index (χ0v) is 36.4. The van der Waals surface area contributed by atoms with Crippen LogP contribution < -0.4 is 20.9 Å². The number of anilines is 1. The van der Waals surface area contributed by atoms with Crippen molar-refractivity contribution in [1.82, 2.24) is 31.1 Å². The highest BCUT2D eigenvalue weighted by Gasteiger charge is 2.20. The van der Waals surface area contributed by atoms with Crippen LogP contribution in [0.4, 0.5) is 5.69 Å². The summed E-state index contributed by atoms with van der Waals surface area (Å²) in [7, 11) is 0. The minimum absolute atomic E-state index is 0.0308. The van der Waals surface area contributed by atoms with E-state index >= 15 is 0 Å². The van der Waals surface area contributed by atoms with Gasteiger partial charge in [-0.2, -0.15) is 0 Å². The summed E-state index contributed by atoms with van der Waals surface area (Å²) in [6, 6.07) is 15.4. The second-order valence-electron chi connectivity index (χ2n) is 15.1. The number of unbranched alkanes of at least 4 members (excludes halogenated alkanes) is 6. The van der Waals surface area contributed by atoms with E-state index in [2.05, 4.69) is 22.5 Å². The Morgan fingerprint density at radius 1 is 0.548 bits per heavy atom. The van der Waals surface area contributed by atoms with E-state index in [1.165, 1.54) is 6.92 Å². The van der Waals surface area contributed by atoms with Crippen LogP contribution in [-0.4, -0.2) is 111 Å². The number of carbonyl (C=O) groups is 7. The largest absolute Gasteiger partial charge is 0.356 e. The highest BCUT2D eigenvalue weighted by atomic mass is 16.5. The van der Waals surface area contributed by atoms with Gasteiger partial charge in [-0.15, -0.1) is 0 Å². The number of carbonyl (C=O) groups excluding carboxylic acids is 7. The van der Waals surface area contributed by atoms with E-state index in [1.807, 2.05) is 55.5 Å². The number of hydrogen-bond acceptors (Lipinski definition) is 10. The number of para-hydroxylation sites is 1. The van der Waals surface area contributed by atoms with Gasteiger partial charge in [0, 0.05) is 84.7 Å². The van der Waals surface area contributed by atoms with E-state index in [1.54, 1.807) is 11.0 Å². The van der Waals surface area contributed by atoms with Gasteiger partial charge in [0.05, 0.1) is 12.2 Å². The molecule has 0 saturated heterocycles. The van der Waals surface area contributed by atoms with Gasteiger partial charge >= 0.3 is 0 Å². The number of nitrogens with one attached hydrogen (secondary N) is 3. The second-order valence-corrected chi connectivity index (χ2v) is 15.1. The van der Waals surface area contributed by atoms with Crippen LogP contribution in [-0.2, 0) is 40.1 Å². The lowest BCUT2D eigenvalue weighted by atomic mass is 10.1. The molecule has 0 heterocycles. The molecule has 0 aliphatic heterocycles. The molecule has 0 fully saturated rings. The zero-order valence-electron chi connectivity index (χ0n) is 36.4. The van der Waals surface area contributed by atoms with E-state index < -0.39 is 17.7 Å². The Labute approximate surface area is 365 Å². The Bertz CT molecular complexity index is 1760. The Balaban J connectivity index is 1.51. The van der Waals surface area contributed by atoms with Gasteiger partial charge in [0.2, 0.25) is 41.4 Å². The van der Waals surface area contributed by atoms with Gasteiger partial charge in [-0.05, 0) is 87.5 Å². The van der Waals surface area contributed by atoms with Crippen molar-refractivity contribution in [3.63, 3.8) is 0 Å². The fraction of sp³-hybridized carbons (Fsp3) is 0.533. The molecule has 0 spiro atoms. The fourth-order valence-corrected chi connectivity index (χ4v) is 6.27. The summed E-state index contributed by atoms with van der Waals surface area (Å²) in [5.41, 5.74) is 3.62. The molecule has 0 aromatic heterocycles. The lowest BCUT2D eigenvalue weighted by Gasteiger charge is -2.25. The van der Waals surface area contributed by atoms with Crippen LogP contribution in [0, 0.1) is 6.92 Å². The first-order chi connectivity index (χ1) is 29.7. The van der Waals surface area contributed by atoms with Crippen LogP contribution in [0.1, 0.15) is 120 Å². The van der Waals surface area contributed by atoms with E-state index in [4.69, 9.17) is 0 Å². The van der Waals surface area contributed by atoms with Gasteiger partial charge in [-0.3, -0.25) is 49.2 Å². The van der Waals surface area contributed by atoms with Crippen LogP contribution in [0.3, 0.4) is 0 Å². The summed E-state index contributed by atoms with van der Waals surface area (Å²) in [4.78, 5) is 87.3. The van der Waals surface area contributed by atoms with Gasteiger partial charge in [0.15, 0.2) is 0 Å². The molecule has 0 bridgehead atoms. The Morgan fingerprint density at radius 2 is 0.968 bits per heavy atom. The molecule has 0 saturated carbocycles. The number of amides is 7. The molecule has 0 aliphatic rings. The lowest BCUT2D eigenvalue weighted by molar-refractivity contribution is -0.166. The Morgan fingerprint density at radius 3 is 1.42 bits per heavy atom. The molecule has 0 radical (unpaired) electrons. The smallest absolute Gasteiger partial charge is 0.246 e. The third-order valence-electron chi connectivity index (χ3n) is 10.1. The molecule has 0 aliphatic carbocycles. The highest BCUT2D eigenvalue weighted by molar-refractivity contribution is 5.97. The minimum atomic E-state index is -0.576. The monoisotopic (exact) mass is 865 g/mol. The van der Waals surface area contributed by atoms with Gasteiger partial charge in [0.1, 0.15) is 0 Å². The predicted octanol–water partition coefficient (Wildman–Crippen LogP) is 5.04. The van der Waals surface area contributed by atoms with Gasteiger partial charge < -0.3 is 20.9 Å². The van der Waals surface area contributed by atoms with Crippen molar-refractivity contribution in [2.24, 2.45) is 0 Å². The van der Waals surface area contributed by atoms with E-state index in [0.29, 0.717) is 99.2 Å². The number of hydroxylamine groups is 6. The van der Waals surface area contributed by atoms with E-state index in [0.717, 1.165) is 22.4 Å². The first-order valence-corrected chi connectivity index (χ1v) is 21.5. The molecule has 2 rings (SSSR count). The molecule has 17 nitrogen and oxygen atoms in total. The summed E-state index contributed by atoms with van der Waals surface area (Å²) < 4.78 is 0. The second kappa shape index (κ2) is 30.4. The normalized spacial score (nSPS) is 10.7. The van der Waals surface area contributed by atoms with E-state index in [-0.39, 0.29) is 81.8 Å². The average Bonchev–Trinajstić information content (AvgIpc) is 3.26. The van der Waals surface area contributed by atoms with Crippen LogP contribution in [0.25, 0.3) is 6.08 Å². The summed E-state index contributed by atoms with van der Waals surface area (Å²) in [6.07, 6.45) is 6.65. The number of aryl methyl sites for hydroxylation is 1. The van der Waals surface area contributed by atoms with Gasteiger partial charge in [-0.1, -0.05) is 55.1 Å². The number of rotatable bonds is 31. The Kier molecular flexibility index (Phi) is 25.7. The molecule has 2 aromatic carbocycles. The summed E-state index contributed by atoms with van der Waals surface area (Å²) in [5, 5.41) is 39.5. The maximum Gasteiger partial charge on any atom is 0.246 e. The number of nitrogens with zero attached hydrogens (tertiary/aromatic N) is 4. The Hall–Kier alpha value is -5.65. The number of hydrogen-bond donors (Lipinski definition) is 6. The van der Waals surface area contributed by atoms with Gasteiger partial charge in [-0.25, -0.2) is 15.2 Å². The van der Waals surface area contributed by atoms with Crippen LogP contribution in [0.5, 0.6) is 0 Å². The van der Waals surface area contributed by atoms with Crippen molar-refractivity contribution < 1.29 is 49.2 Å². The van der Waals surface area contributed by atoms with Crippen LogP contribution in [0.2, 0.25) is 0 Å². The molecular formula is C45H67N7O10. The summed E-state index contributed by atoms with van der Waals surface area (Å²) >= 11 is 0. The molecule has 2 aromatic rings. The maximum atomic E-state index is 13.4.